The summed E-state index contributed by atoms with van der Waals surface area (Å²) in [4.78, 5) is 0. The Morgan fingerprint density at radius 1 is 1.45 bits per heavy atom. The van der Waals surface area contributed by atoms with Gasteiger partial charge in [0.2, 0.25) is 0 Å². The molecule has 0 aromatic carbocycles. The Morgan fingerprint density at radius 3 is 2.27 bits per heavy atom. The van der Waals surface area contributed by atoms with E-state index in [1.807, 2.05) is 6.92 Å². The molecule has 0 bridgehead atoms. The van der Waals surface area contributed by atoms with Crippen LogP contribution in [0.3, 0.4) is 0 Å². The minimum absolute atomic E-state index is 0.424. The van der Waals surface area contributed by atoms with E-state index in [-0.39, 0.29) is 0 Å². The van der Waals surface area contributed by atoms with Gasteiger partial charge in [0.25, 0.3) is 0 Å². The normalized spacial score (nSPS) is 15.0. The van der Waals surface area contributed by atoms with Gasteiger partial charge in [0, 0.05) is 0 Å². The Morgan fingerprint density at radius 2 is 2.00 bits per heavy atom. The summed E-state index contributed by atoms with van der Waals surface area (Å²) in [6.45, 7) is 3.71. The van der Waals surface area contributed by atoms with E-state index in [0.717, 1.165) is 6.42 Å². The molecule has 1 nitrogen and oxygen atoms in total. The molecule has 0 radical (unpaired) electrons. The van der Waals surface area contributed by atoms with Crippen molar-refractivity contribution in [2.45, 2.75) is 44.8 Å². The summed E-state index contributed by atoms with van der Waals surface area (Å²) in [5, 5.41) is 0. The second kappa shape index (κ2) is 4.88. The van der Waals surface area contributed by atoms with Gasteiger partial charge in [-0.15, -0.1) is 0 Å². The highest BCUT2D eigenvalue weighted by Gasteiger charge is 2.29. The zero-order valence-corrected chi connectivity index (χ0v) is 7.50. The van der Waals surface area contributed by atoms with Crippen molar-refractivity contribution in [3.05, 3.63) is 0 Å². The summed E-state index contributed by atoms with van der Waals surface area (Å²) in [5.74, 6) is 0. The Bertz CT molecular complexity index is 103. The monoisotopic (exact) mass is 186 g/mol. The lowest BCUT2D eigenvalue weighted by Gasteiger charge is -2.17. The quantitative estimate of drug-likeness (QED) is 0.599. The highest BCUT2D eigenvalue weighted by molar-refractivity contribution is 6.20. The van der Waals surface area contributed by atoms with Crippen molar-refractivity contribution in [3.63, 3.8) is 0 Å². The van der Waals surface area contributed by atoms with Crippen molar-refractivity contribution in [1.29, 1.82) is 0 Å². The fourth-order valence-corrected chi connectivity index (χ4v) is 0.983. The van der Waals surface area contributed by atoms with Crippen molar-refractivity contribution in [3.8, 4) is 0 Å². The highest BCUT2D eigenvalue weighted by atomic mass is 35.5. The van der Waals surface area contributed by atoms with Crippen LogP contribution in [0.15, 0.2) is 0 Å². The molecule has 0 saturated heterocycles. The first-order valence-corrected chi connectivity index (χ1v) is 4.12. The van der Waals surface area contributed by atoms with Crippen LogP contribution in [0.2, 0.25) is 0 Å². The van der Waals surface area contributed by atoms with Gasteiger partial charge in [-0.3, -0.25) is 0 Å². The third-order valence-corrected chi connectivity index (χ3v) is 1.46. The van der Waals surface area contributed by atoms with Gasteiger partial charge in [0.1, 0.15) is 0 Å². The third-order valence-electron chi connectivity index (χ3n) is 1.37. The van der Waals surface area contributed by atoms with E-state index in [9.17, 15) is 8.78 Å². The second-order valence-corrected chi connectivity index (χ2v) is 2.82. The van der Waals surface area contributed by atoms with Gasteiger partial charge in [-0.25, -0.2) is 0 Å². The van der Waals surface area contributed by atoms with Crippen LogP contribution < -0.4 is 0 Å². The van der Waals surface area contributed by atoms with Gasteiger partial charge < -0.3 is 4.74 Å². The molecule has 0 rings (SSSR count). The van der Waals surface area contributed by atoms with E-state index < -0.39 is 11.7 Å². The van der Waals surface area contributed by atoms with Crippen LogP contribution in [0.25, 0.3) is 0 Å². The van der Waals surface area contributed by atoms with Crippen molar-refractivity contribution < 1.29 is 13.5 Å². The van der Waals surface area contributed by atoms with Crippen molar-refractivity contribution >= 4 is 11.6 Å². The van der Waals surface area contributed by atoms with Crippen LogP contribution in [0, 0.1) is 0 Å². The van der Waals surface area contributed by atoms with E-state index in [1.165, 1.54) is 0 Å². The van der Waals surface area contributed by atoms with Crippen LogP contribution in [0.5, 0.6) is 0 Å². The number of hydrogen-bond acceptors (Lipinski definition) is 1. The fraction of sp³-hybridized carbons (Fsp3) is 1.00. The first-order chi connectivity index (χ1) is 4.99. The first kappa shape index (κ1) is 11.1. The van der Waals surface area contributed by atoms with Crippen molar-refractivity contribution in [2.75, 3.05) is 0 Å². The van der Waals surface area contributed by atoms with Gasteiger partial charge in [0.15, 0.2) is 0 Å². The lowest BCUT2D eigenvalue weighted by Crippen LogP contribution is -2.22. The Hall–Kier alpha value is 0.110. The standard InChI is InChI=1S/C7H13ClF2O/c1-3-5-6(4-2)11-7(8,9)10/h6H,3-5H2,1-2H3. The van der Waals surface area contributed by atoms with Crippen LogP contribution in [0.4, 0.5) is 8.78 Å². The average Bonchev–Trinajstić information content (AvgIpc) is 1.84. The number of hydrogen-bond donors (Lipinski definition) is 0. The van der Waals surface area contributed by atoms with Crippen LogP contribution in [-0.4, -0.2) is 11.7 Å². The summed E-state index contributed by atoms with van der Waals surface area (Å²) in [5.41, 5.74) is -3.50. The summed E-state index contributed by atoms with van der Waals surface area (Å²) in [6, 6.07) is 0. The zero-order chi connectivity index (χ0) is 8.91. The third kappa shape index (κ3) is 6.51. The predicted molar refractivity (Wildman–Crippen MR) is 40.9 cm³/mol. The first-order valence-electron chi connectivity index (χ1n) is 3.74. The largest absolute Gasteiger partial charge is 0.440 e. The molecule has 1 unspecified atom stereocenters. The molecule has 11 heavy (non-hydrogen) atoms. The minimum atomic E-state index is -3.50. The van der Waals surface area contributed by atoms with Gasteiger partial charge in [-0.2, -0.15) is 8.78 Å². The molecule has 0 aliphatic carbocycles. The Balaban J connectivity index is 3.68. The Labute approximate surface area is 70.7 Å². The molecule has 0 N–H and O–H groups in total. The molecule has 0 spiro atoms. The highest BCUT2D eigenvalue weighted by Crippen LogP contribution is 2.24. The lowest BCUT2D eigenvalue weighted by atomic mass is 10.2. The summed E-state index contributed by atoms with van der Waals surface area (Å²) in [6.07, 6.45) is 1.59. The molecule has 0 fully saturated rings. The molecule has 0 aromatic heterocycles. The molecule has 0 aliphatic rings. The fourth-order valence-electron chi connectivity index (χ4n) is 0.857. The summed E-state index contributed by atoms with van der Waals surface area (Å²) < 4.78 is 28.3. The summed E-state index contributed by atoms with van der Waals surface area (Å²) >= 11 is 4.59. The van der Waals surface area contributed by atoms with Gasteiger partial charge in [-0.05, 0) is 24.4 Å². The molecule has 0 aromatic rings. The zero-order valence-electron chi connectivity index (χ0n) is 6.74. The van der Waals surface area contributed by atoms with E-state index in [0.29, 0.717) is 12.8 Å². The molecule has 1 atom stereocenters. The smallest absolute Gasteiger partial charge is 0.304 e. The molecule has 0 saturated carbocycles. The van der Waals surface area contributed by atoms with Crippen LogP contribution in [0.1, 0.15) is 33.1 Å². The van der Waals surface area contributed by atoms with E-state index >= 15 is 0 Å². The SMILES string of the molecule is CCCC(CC)OC(F)(F)Cl. The van der Waals surface area contributed by atoms with Crippen molar-refractivity contribution in [1.82, 2.24) is 0 Å². The molecule has 0 amide bonds. The summed E-state index contributed by atoms with van der Waals surface area (Å²) in [7, 11) is 0. The van der Waals surface area contributed by atoms with Crippen LogP contribution >= 0.6 is 11.6 Å². The molecule has 68 valence electrons. The number of ether oxygens (including phenoxy) is 1. The molecular weight excluding hydrogens is 174 g/mol. The van der Waals surface area contributed by atoms with Crippen LogP contribution in [-0.2, 0) is 4.74 Å². The minimum Gasteiger partial charge on any atom is -0.304 e. The topological polar surface area (TPSA) is 9.23 Å². The number of rotatable bonds is 5. The second-order valence-electron chi connectivity index (χ2n) is 2.38. The van der Waals surface area contributed by atoms with E-state index in [1.54, 1.807) is 6.92 Å². The average molecular weight is 187 g/mol. The number of alkyl halides is 3. The van der Waals surface area contributed by atoms with Crippen molar-refractivity contribution in [2.24, 2.45) is 0 Å². The molecule has 0 heterocycles. The van der Waals surface area contributed by atoms with Gasteiger partial charge in [-0.1, -0.05) is 20.3 Å². The Kier molecular flexibility index (Phi) is 4.93. The van der Waals surface area contributed by atoms with Gasteiger partial charge in [0.05, 0.1) is 6.10 Å². The van der Waals surface area contributed by atoms with Gasteiger partial charge >= 0.3 is 5.57 Å². The molecule has 0 aliphatic heterocycles. The number of halogens is 3. The predicted octanol–water partition coefficient (Wildman–Crippen LogP) is 3.37. The molecule has 4 heteroatoms. The maximum Gasteiger partial charge on any atom is 0.440 e. The molecular formula is C7H13ClF2O. The lowest BCUT2D eigenvalue weighted by molar-refractivity contribution is -0.201. The van der Waals surface area contributed by atoms with E-state index in [2.05, 4.69) is 16.3 Å². The maximum atomic E-state index is 12.0. The van der Waals surface area contributed by atoms with E-state index in [4.69, 9.17) is 0 Å². The maximum absolute atomic E-state index is 12.0.